The van der Waals surface area contributed by atoms with Gasteiger partial charge in [-0.25, -0.2) is 4.98 Å². The van der Waals surface area contributed by atoms with Crippen molar-refractivity contribution in [1.82, 2.24) is 14.5 Å². The summed E-state index contributed by atoms with van der Waals surface area (Å²) in [6.07, 6.45) is 7.95. The van der Waals surface area contributed by atoms with Crippen LogP contribution in [0.5, 0.6) is 0 Å². The first-order valence-electron chi connectivity index (χ1n) is 7.15. The molecule has 3 aromatic heterocycles. The number of carbonyl (C=O) groups is 1. The first-order valence-corrected chi connectivity index (χ1v) is 7.96. The summed E-state index contributed by atoms with van der Waals surface area (Å²) >= 11 is 1.49. The molecule has 1 saturated heterocycles. The molecule has 0 aromatic carbocycles. The number of hydrogen-bond donors (Lipinski definition) is 0. The highest BCUT2D eigenvalue weighted by atomic mass is 32.1. The second-order valence-electron chi connectivity index (χ2n) is 5.23. The van der Waals surface area contributed by atoms with Gasteiger partial charge in [0.25, 0.3) is 5.91 Å². The third-order valence-electron chi connectivity index (χ3n) is 3.89. The van der Waals surface area contributed by atoms with Gasteiger partial charge in [-0.05, 0) is 37.1 Å². The van der Waals surface area contributed by atoms with Crippen LogP contribution in [-0.4, -0.2) is 33.4 Å². The molecule has 4 nitrogen and oxygen atoms in total. The van der Waals surface area contributed by atoms with Gasteiger partial charge >= 0.3 is 0 Å². The Labute approximate surface area is 126 Å². The monoisotopic (exact) mass is 297 g/mol. The van der Waals surface area contributed by atoms with Gasteiger partial charge in [-0.2, -0.15) is 0 Å². The topological polar surface area (TPSA) is 38.1 Å². The van der Waals surface area contributed by atoms with Crippen molar-refractivity contribution in [2.45, 2.75) is 12.8 Å². The van der Waals surface area contributed by atoms with Gasteiger partial charge in [0, 0.05) is 37.1 Å². The lowest BCUT2D eigenvalue weighted by Crippen LogP contribution is -2.27. The van der Waals surface area contributed by atoms with Crippen LogP contribution in [0.15, 0.2) is 42.9 Å². The fourth-order valence-electron chi connectivity index (χ4n) is 2.87. The van der Waals surface area contributed by atoms with Gasteiger partial charge in [0.05, 0.1) is 5.69 Å². The van der Waals surface area contributed by atoms with Gasteiger partial charge in [0.2, 0.25) is 0 Å². The molecule has 0 unspecified atom stereocenters. The predicted octanol–water partition coefficient (Wildman–Crippen LogP) is 3.32. The number of rotatable bonds is 2. The zero-order valence-electron chi connectivity index (χ0n) is 11.5. The van der Waals surface area contributed by atoms with Gasteiger partial charge in [-0.1, -0.05) is 0 Å². The summed E-state index contributed by atoms with van der Waals surface area (Å²) < 4.78 is 2.02. The molecule has 4 heterocycles. The Bertz CT molecular complexity index is 785. The molecule has 0 saturated carbocycles. The van der Waals surface area contributed by atoms with E-state index in [4.69, 9.17) is 0 Å². The molecule has 5 heteroatoms. The number of aromatic nitrogens is 2. The van der Waals surface area contributed by atoms with E-state index in [9.17, 15) is 4.79 Å². The van der Waals surface area contributed by atoms with Crippen molar-refractivity contribution in [1.29, 1.82) is 0 Å². The SMILES string of the molecule is O=C(c1sc2ncccc2c1-n1cccc1)N1CCCC1. The summed E-state index contributed by atoms with van der Waals surface area (Å²) in [7, 11) is 0. The Morgan fingerprint density at radius 3 is 2.67 bits per heavy atom. The van der Waals surface area contributed by atoms with Gasteiger partial charge in [-0.3, -0.25) is 4.79 Å². The van der Waals surface area contributed by atoms with Crippen LogP contribution in [0.1, 0.15) is 22.5 Å². The molecule has 21 heavy (non-hydrogen) atoms. The zero-order chi connectivity index (χ0) is 14.2. The number of thiophene rings is 1. The lowest BCUT2D eigenvalue weighted by atomic mass is 10.2. The largest absolute Gasteiger partial charge is 0.338 e. The normalized spacial score (nSPS) is 15.0. The van der Waals surface area contributed by atoms with E-state index in [2.05, 4.69) is 4.98 Å². The molecule has 0 spiro atoms. The third-order valence-corrected chi connectivity index (χ3v) is 4.98. The Morgan fingerprint density at radius 1 is 1.14 bits per heavy atom. The van der Waals surface area contributed by atoms with Crippen molar-refractivity contribution in [2.75, 3.05) is 13.1 Å². The number of amides is 1. The molecular weight excluding hydrogens is 282 g/mol. The van der Waals surface area contributed by atoms with Crippen molar-refractivity contribution < 1.29 is 4.79 Å². The van der Waals surface area contributed by atoms with E-state index in [1.165, 1.54) is 11.3 Å². The van der Waals surface area contributed by atoms with E-state index in [0.717, 1.165) is 46.7 Å². The van der Waals surface area contributed by atoms with E-state index in [0.29, 0.717) is 0 Å². The number of nitrogens with zero attached hydrogens (tertiary/aromatic N) is 3. The van der Waals surface area contributed by atoms with Crippen molar-refractivity contribution in [2.24, 2.45) is 0 Å². The summed E-state index contributed by atoms with van der Waals surface area (Å²) in [6.45, 7) is 1.73. The molecule has 0 aliphatic carbocycles. The fourth-order valence-corrected chi connectivity index (χ4v) is 3.98. The average Bonchev–Trinajstić information content (AvgIpc) is 3.24. The van der Waals surface area contributed by atoms with Gasteiger partial charge in [-0.15, -0.1) is 11.3 Å². The summed E-state index contributed by atoms with van der Waals surface area (Å²) in [4.78, 5) is 20.9. The summed E-state index contributed by atoms with van der Waals surface area (Å²) in [5, 5.41) is 1.04. The molecule has 1 aliphatic rings. The molecule has 0 bridgehead atoms. The van der Waals surface area contributed by atoms with Crippen LogP contribution in [0, 0.1) is 0 Å². The highest BCUT2D eigenvalue weighted by molar-refractivity contribution is 7.21. The molecule has 106 valence electrons. The first kappa shape index (κ1) is 12.6. The fraction of sp³-hybridized carbons (Fsp3) is 0.250. The van der Waals surface area contributed by atoms with Crippen molar-refractivity contribution >= 4 is 27.5 Å². The zero-order valence-corrected chi connectivity index (χ0v) is 12.3. The summed E-state index contributed by atoms with van der Waals surface area (Å²) in [5.74, 6) is 0.138. The molecule has 0 radical (unpaired) electrons. The van der Waals surface area contributed by atoms with E-state index >= 15 is 0 Å². The maximum absolute atomic E-state index is 12.8. The third kappa shape index (κ3) is 2.05. The predicted molar refractivity (Wildman–Crippen MR) is 84.1 cm³/mol. The van der Waals surface area contributed by atoms with Crippen LogP contribution < -0.4 is 0 Å². The molecular formula is C16H15N3OS. The van der Waals surface area contributed by atoms with E-state index in [-0.39, 0.29) is 5.91 Å². The van der Waals surface area contributed by atoms with Crippen LogP contribution >= 0.6 is 11.3 Å². The Hall–Kier alpha value is -2.14. The number of pyridine rings is 1. The van der Waals surface area contributed by atoms with E-state index in [1.807, 2.05) is 46.1 Å². The summed E-state index contributed by atoms with van der Waals surface area (Å²) in [6, 6.07) is 7.91. The summed E-state index contributed by atoms with van der Waals surface area (Å²) in [5.41, 5.74) is 0.963. The lowest BCUT2D eigenvalue weighted by Gasteiger charge is -2.15. The average molecular weight is 297 g/mol. The van der Waals surface area contributed by atoms with Crippen LogP contribution in [0.25, 0.3) is 15.9 Å². The quantitative estimate of drug-likeness (QED) is 0.727. The minimum Gasteiger partial charge on any atom is -0.338 e. The van der Waals surface area contributed by atoms with Crippen molar-refractivity contribution in [3.63, 3.8) is 0 Å². The van der Waals surface area contributed by atoms with Crippen LogP contribution in [-0.2, 0) is 0 Å². The molecule has 0 atom stereocenters. The minimum atomic E-state index is 0.138. The maximum atomic E-state index is 12.8. The Morgan fingerprint density at radius 2 is 1.90 bits per heavy atom. The molecule has 1 amide bonds. The highest BCUT2D eigenvalue weighted by Crippen LogP contribution is 2.34. The van der Waals surface area contributed by atoms with E-state index in [1.54, 1.807) is 6.20 Å². The molecule has 4 rings (SSSR count). The van der Waals surface area contributed by atoms with Crippen molar-refractivity contribution in [3.8, 4) is 5.69 Å². The number of fused-ring (bicyclic) bond motifs is 1. The standard InChI is InChI=1S/C16H15N3OS/c20-16(19-10-3-4-11-19)14-13(18-8-1-2-9-18)12-6-5-7-17-15(12)21-14/h1-2,5-9H,3-4,10-11H2. The van der Waals surface area contributed by atoms with Gasteiger partial charge < -0.3 is 9.47 Å². The van der Waals surface area contributed by atoms with Crippen LogP contribution in [0.2, 0.25) is 0 Å². The minimum absolute atomic E-state index is 0.138. The smallest absolute Gasteiger partial charge is 0.266 e. The first-order chi connectivity index (χ1) is 10.3. The second kappa shape index (κ2) is 5.00. The second-order valence-corrected chi connectivity index (χ2v) is 6.22. The Kier molecular flexibility index (Phi) is 3.00. The molecule has 1 fully saturated rings. The number of likely N-dealkylation sites (tertiary alicyclic amines) is 1. The number of carbonyl (C=O) groups excluding carboxylic acids is 1. The van der Waals surface area contributed by atoms with E-state index < -0.39 is 0 Å². The number of hydrogen-bond acceptors (Lipinski definition) is 3. The highest BCUT2D eigenvalue weighted by Gasteiger charge is 2.26. The molecule has 1 aliphatic heterocycles. The van der Waals surface area contributed by atoms with Crippen molar-refractivity contribution in [3.05, 3.63) is 47.7 Å². The van der Waals surface area contributed by atoms with Gasteiger partial charge in [0.15, 0.2) is 0 Å². The maximum Gasteiger partial charge on any atom is 0.266 e. The van der Waals surface area contributed by atoms with Gasteiger partial charge in [0.1, 0.15) is 9.71 Å². The molecule has 3 aromatic rings. The Balaban J connectivity index is 1.91. The van der Waals surface area contributed by atoms with Crippen LogP contribution in [0.3, 0.4) is 0 Å². The molecule has 0 N–H and O–H groups in total. The lowest BCUT2D eigenvalue weighted by molar-refractivity contribution is 0.0797. The van der Waals surface area contributed by atoms with Crippen LogP contribution in [0.4, 0.5) is 0 Å².